The lowest BCUT2D eigenvalue weighted by Gasteiger charge is -2.28. The first-order chi connectivity index (χ1) is 8.82. The SMILES string of the molecule is CC(CC(O)C(O)CCCCCO)CC(C)(C)CO. The van der Waals surface area contributed by atoms with Crippen molar-refractivity contribution in [3.8, 4) is 0 Å². The second-order valence-electron chi connectivity index (χ2n) is 6.57. The summed E-state index contributed by atoms with van der Waals surface area (Å²) in [5, 5.41) is 37.7. The fourth-order valence-electron chi connectivity index (χ4n) is 2.49. The highest BCUT2D eigenvalue weighted by atomic mass is 16.3. The molecule has 0 fully saturated rings. The predicted octanol–water partition coefficient (Wildman–Crippen LogP) is 1.70. The molecule has 0 aromatic heterocycles. The van der Waals surface area contributed by atoms with Crippen LogP contribution in [0, 0.1) is 11.3 Å². The van der Waals surface area contributed by atoms with Gasteiger partial charge in [-0.05, 0) is 37.0 Å². The minimum atomic E-state index is -0.696. The van der Waals surface area contributed by atoms with E-state index in [0.717, 1.165) is 25.7 Å². The Morgan fingerprint density at radius 1 is 0.947 bits per heavy atom. The predicted molar refractivity (Wildman–Crippen MR) is 76.8 cm³/mol. The van der Waals surface area contributed by atoms with Crippen LogP contribution in [0.3, 0.4) is 0 Å². The Labute approximate surface area is 117 Å². The van der Waals surface area contributed by atoms with E-state index in [1.165, 1.54) is 0 Å². The van der Waals surface area contributed by atoms with Crippen LogP contribution in [0.25, 0.3) is 0 Å². The van der Waals surface area contributed by atoms with Crippen molar-refractivity contribution < 1.29 is 20.4 Å². The molecule has 0 aromatic carbocycles. The zero-order valence-corrected chi connectivity index (χ0v) is 12.7. The van der Waals surface area contributed by atoms with Crippen LogP contribution in [0.5, 0.6) is 0 Å². The number of hydrogen-bond donors (Lipinski definition) is 4. The fourth-order valence-corrected chi connectivity index (χ4v) is 2.49. The second kappa shape index (κ2) is 9.70. The Balaban J connectivity index is 3.90. The van der Waals surface area contributed by atoms with Crippen LogP contribution >= 0.6 is 0 Å². The van der Waals surface area contributed by atoms with Crippen LogP contribution < -0.4 is 0 Å². The average Bonchev–Trinajstić information content (AvgIpc) is 2.33. The van der Waals surface area contributed by atoms with Gasteiger partial charge in [0.25, 0.3) is 0 Å². The molecule has 0 bridgehead atoms. The number of rotatable bonds is 11. The van der Waals surface area contributed by atoms with Crippen molar-refractivity contribution in [3.63, 3.8) is 0 Å². The van der Waals surface area contributed by atoms with Gasteiger partial charge in [0.15, 0.2) is 0 Å². The van der Waals surface area contributed by atoms with E-state index in [2.05, 4.69) is 0 Å². The normalized spacial score (nSPS) is 17.2. The molecule has 3 unspecified atom stereocenters. The van der Waals surface area contributed by atoms with E-state index in [0.29, 0.717) is 12.8 Å². The molecule has 0 aliphatic rings. The van der Waals surface area contributed by atoms with Crippen LogP contribution in [0.4, 0.5) is 0 Å². The molecule has 0 aromatic rings. The van der Waals surface area contributed by atoms with Crippen molar-refractivity contribution in [2.45, 2.75) is 71.5 Å². The number of unbranched alkanes of at least 4 members (excludes halogenated alkanes) is 2. The van der Waals surface area contributed by atoms with Crippen LogP contribution in [0.2, 0.25) is 0 Å². The number of aliphatic hydroxyl groups excluding tert-OH is 4. The van der Waals surface area contributed by atoms with E-state index in [-0.39, 0.29) is 24.5 Å². The van der Waals surface area contributed by atoms with Gasteiger partial charge in [0.1, 0.15) is 0 Å². The summed E-state index contributed by atoms with van der Waals surface area (Å²) in [7, 11) is 0. The maximum absolute atomic E-state index is 9.95. The molecule has 0 aliphatic carbocycles. The molecule has 0 spiro atoms. The summed E-state index contributed by atoms with van der Waals surface area (Å²) < 4.78 is 0. The smallest absolute Gasteiger partial charge is 0.0801 e. The van der Waals surface area contributed by atoms with Crippen molar-refractivity contribution in [1.29, 1.82) is 0 Å². The highest BCUT2D eigenvalue weighted by molar-refractivity contribution is 4.75. The van der Waals surface area contributed by atoms with E-state index in [4.69, 9.17) is 5.11 Å². The molecule has 4 N–H and O–H groups in total. The standard InChI is InChI=1S/C15H32O4/c1-12(10-15(2,3)11-17)9-14(19)13(18)7-5-4-6-8-16/h12-14,16-19H,4-11H2,1-3H3. The molecule has 3 atom stereocenters. The summed E-state index contributed by atoms with van der Waals surface area (Å²) in [6.07, 6.45) is 3.06. The van der Waals surface area contributed by atoms with Gasteiger partial charge in [-0.3, -0.25) is 0 Å². The Morgan fingerprint density at radius 2 is 1.58 bits per heavy atom. The number of hydrogen-bond acceptors (Lipinski definition) is 4. The van der Waals surface area contributed by atoms with Gasteiger partial charge in [-0.1, -0.05) is 33.6 Å². The average molecular weight is 276 g/mol. The van der Waals surface area contributed by atoms with Gasteiger partial charge < -0.3 is 20.4 Å². The zero-order valence-electron chi connectivity index (χ0n) is 12.7. The first kappa shape index (κ1) is 18.8. The molecule has 4 nitrogen and oxygen atoms in total. The molecule has 0 saturated heterocycles. The third-order valence-corrected chi connectivity index (χ3v) is 3.58. The van der Waals surface area contributed by atoms with E-state index in [9.17, 15) is 15.3 Å². The Kier molecular flexibility index (Phi) is 9.62. The summed E-state index contributed by atoms with van der Waals surface area (Å²) in [5.74, 6) is 0.268. The van der Waals surface area contributed by atoms with Gasteiger partial charge >= 0.3 is 0 Å². The highest BCUT2D eigenvalue weighted by Gasteiger charge is 2.24. The molecule has 0 radical (unpaired) electrons. The van der Waals surface area contributed by atoms with Crippen LogP contribution in [-0.4, -0.2) is 45.8 Å². The monoisotopic (exact) mass is 276 g/mol. The van der Waals surface area contributed by atoms with Crippen LogP contribution in [0.15, 0.2) is 0 Å². The van der Waals surface area contributed by atoms with E-state index < -0.39 is 12.2 Å². The minimum Gasteiger partial charge on any atom is -0.396 e. The number of aliphatic hydroxyl groups is 4. The molecule has 0 heterocycles. The lowest BCUT2D eigenvalue weighted by molar-refractivity contribution is -0.00453. The summed E-state index contributed by atoms with van der Waals surface area (Å²) >= 11 is 0. The van der Waals surface area contributed by atoms with Crippen molar-refractivity contribution in [1.82, 2.24) is 0 Å². The Morgan fingerprint density at radius 3 is 2.11 bits per heavy atom. The third kappa shape index (κ3) is 9.38. The zero-order chi connectivity index (χ0) is 14.9. The minimum absolute atomic E-state index is 0.134. The maximum atomic E-state index is 9.95. The molecule has 4 heteroatoms. The van der Waals surface area contributed by atoms with Gasteiger partial charge in [-0.15, -0.1) is 0 Å². The summed E-state index contributed by atoms with van der Waals surface area (Å²) in [5.41, 5.74) is -0.134. The van der Waals surface area contributed by atoms with E-state index in [1.807, 2.05) is 20.8 Å². The first-order valence-electron chi connectivity index (χ1n) is 7.40. The molecule has 116 valence electrons. The maximum Gasteiger partial charge on any atom is 0.0801 e. The third-order valence-electron chi connectivity index (χ3n) is 3.58. The van der Waals surface area contributed by atoms with Gasteiger partial charge in [0.05, 0.1) is 12.2 Å². The Hall–Kier alpha value is -0.160. The lowest BCUT2D eigenvalue weighted by atomic mass is 9.81. The molecule has 19 heavy (non-hydrogen) atoms. The van der Waals surface area contributed by atoms with E-state index >= 15 is 0 Å². The topological polar surface area (TPSA) is 80.9 Å². The lowest BCUT2D eigenvalue weighted by Crippen LogP contribution is -2.29. The van der Waals surface area contributed by atoms with Gasteiger partial charge in [-0.25, -0.2) is 0 Å². The molecular weight excluding hydrogens is 244 g/mol. The summed E-state index contributed by atoms with van der Waals surface area (Å²) in [6.45, 7) is 6.37. The van der Waals surface area contributed by atoms with Crippen molar-refractivity contribution in [2.75, 3.05) is 13.2 Å². The highest BCUT2D eigenvalue weighted by Crippen LogP contribution is 2.27. The van der Waals surface area contributed by atoms with Crippen molar-refractivity contribution in [2.24, 2.45) is 11.3 Å². The fraction of sp³-hybridized carbons (Fsp3) is 1.00. The quantitative estimate of drug-likeness (QED) is 0.433. The van der Waals surface area contributed by atoms with Gasteiger partial charge in [0.2, 0.25) is 0 Å². The Bertz CT molecular complexity index is 218. The molecule has 0 amide bonds. The van der Waals surface area contributed by atoms with Crippen molar-refractivity contribution in [3.05, 3.63) is 0 Å². The molecule has 0 rings (SSSR count). The van der Waals surface area contributed by atoms with Gasteiger partial charge in [-0.2, -0.15) is 0 Å². The first-order valence-corrected chi connectivity index (χ1v) is 7.40. The molecule has 0 aliphatic heterocycles. The van der Waals surface area contributed by atoms with Crippen molar-refractivity contribution >= 4 is 0 Å². The van der Waals surface area contributed by atoms with Crippen LogP contribution in [-0.2, 0) is 0 Å². The van der Waals surface area contributed by atoms with Gasteiger partial charge in [0, 0.05) is 13.2 Å². The molecular formula is C15H32O4. The van der Waals surface area contributed by atoms with Crippen LogP contribution in [0.1, 0.15) is 59.3 Å². The summed E-state index contributed by atoms with van der Waals surface area (Å²) in [4.78, 5) is 0. The largest absolute Gasteiger partial charge is 0.396 e. The summed E-state index contributed by atoms with van der Waals surface area (Å²) in [6, 6.07) is 0. The van der Waals surface area contributed by atoms with E-state index in [1.54, 1.807) is 0 Å². The second-order valence-corrected chi connectivity index (χ2v) is 6.57. The molecule has 0 saturated carbocycles.